The van der Waals surface area contributed by atoms with Crippen molar-refractivity contribution in [1.82, 2.24) is 4.90 Å². The Bertz CT molecular complexity index is 473. The second-order valence-corrected chi connectivity index (χ2v) is 6.30. The third-order valence-electron chi connectivity index (χ3n) is 3.86. The minimum absolute atomic E-state index is 0.128. The predicted octanol–water partition coefficient (Wildman–Crippen LogP) is 3.50. The number of likely N-dealkylation sites (tertiary alicyclic amines) is 1. The fourth-order valence-corrected chi connectivity index (χ4v) is 2.92. The van der Waals surface area contributed by atoms with Gasteiger partial charge in [0.1, 0.15) is 5.69 Å². The fourth-order valence-electron chi connectivity index (χ4n) is 2.57. The second-order valence-electron chi connectivity index (χ2n) is 5.38. The standard InChI is InChI=1S/C14H20BrN3O2/c1-17-8-5-11(6-9-17)4-7-16-13-3-2-12(15)10-14(13)18(19)20/h2-3,10-11,16H,4-9H2,1H3. The molecule has 20 heavy (non-hydrogen) atoms. The van der Waals surface area contributed by atoms with Crippen molar-refractivity contribution in [2.75, 3.05) is 32.0 Å². The van der Waals surface area contributed by atoms with Gasteiger partial charge in [-0.1, -0.05) is 15.9 Å². The van der Waals surface area contributed by atoms with E-state index in [1.54, 1.807) is 6.07 Å². The van der Waals surface area contributed by atoms with Gasteiger partial charge in [0.15, 0.2) is 0 Å². The van der Waals surface area contributed by atoms with Gasteiger partial charge in [0.05, 0.1) is 4.92 Å². The summed E-state index contributed by atoms with van der Waals surface area (Å²) in [5.41, 5.74) is 0.730. The van der Waals surface area contributed by atoms with Gasteiger partial charge in [-0.3, -0.25) is 10.1 Å². The van der Waals surface area contributed by atoms with Gasteiger partial charge in [0.2, 0.25) is 0 Å². The molecule has 0 unspecified atom stereocenters. The molecule has 110 valence electrons. The van der Waals surface area contributed by atoms with E-state index < -0.39 is 0 Å². The maximum atomic E-state index is 11.0. The molecule has 1 aliphatic rings. The molecule has 1 N–H and O–H groups in total. The van der Waals surface area contributed by atoms with Gasteiger partial charge in [-0.25, -0.2) is 0 Å². The normalized spacial score (nSPS) is 17.1. The number of nitro benzene ring substituents is 1. The lowest BCUT2D eigenvalue weighted by molar-refractivity contribution is -0.384. The summed E-state index contributed by atoms with van der Waals surface area (Å²) in [5.74, 6) is 0.730. The smallest absolute Gasteiger partial charge is 0.293 e. The summed E-state index contributed by atoms with van der Waals surface area (Å²) in [7, 11) is 2.15. The summed E-state index contributed by atoms with van der Waals surface area (Å²) < 4.78 is 0.727. The molecule has 1 heterocycles. The van der Waals surface area contributed by atoms with Crippen molar-refractivity contribution < 1.29 is 4.92 Å². The molecule has 0 atom stereocenters. The molecule has 2 rings (SSSR count). The zero-order chi connectivity index (χ0) is 14.5. The van der Waals surface area contributed by atoms with E-state index in [0.29, 0.717) is 5.69 Å². The second kappa shape index (κ2) is 7.04. The predicted molar refractivity (Wildman–Crippen MR) is 84.1 cm³/mol. The molecular weight excluding hydrogens is 322 g/mol. The maximum absolute atomic E-state index is 11.0. The quantitative estimate of drug-likeness (QED) is 0.657. The molecule has 0 spiro atoms. The number of piperidine rings is 1. The Morgan fingerprint density at radius 3 is 2.80 bits per heavy atom. The average molecular weight is 342 g/mol. The van der Waals surface area contributed by atoms with E-state index in [9.17, 15) is 10.1 Å². The number of benzene rings is 1. The first-order valence-electron chi connectivity index (χ1n) is 6.92. The number of hydrogen-bond acceptors (Lipinski definition) is 4. The summed E-state index contributed by atoms with van der Waals surface area (Å²) >= 11 is 3.26. The number of hydrogen-bond donors (Lipinski definition) is 1. The van der Waals surface area contributed by atoms with Crippen LogP contribution in [0.1, 0.15) is 19.3 Å². The molecule has 1 aromatic rings. The molecule has 0 saturated carbocycles. The lowest BCUT2D eigenvalue weighted by Crippen LogP contribution is -2.30. The summed E-state index contributed by atoms with van der Waals surface area (Å²) in [6.07, 6.45) is 3.52. The number of nitro groups is 1. The molecule has 0 bridgehead atoms. The van der Waals surface area contributed by atoms with E-state index in [4.69, 9.17) is 0 Å². The van der Waals surface area contributed by atoms with Crippen LogP contribution in [0.2, 0.25) is 0 Å². The van der Waals surface area contributed by atoms with Crippen LogP contribution in [0.3, 0.4) is 0 Å². The Labute approximate surface area is 127 Å². The SMILES string of the molecule is CN1CCC(CCNc2ccc(Br)cc2[N+](=O)[O-])CC1. The van der Waals surface area contributed by atoms with Crippen molar-refractivity contribution in [3.8, 4) is 0 Å². The van der Waals surface area contributed by atoms with E-state index in [1.165, 1.54) is 18.9 Å². The van der Waals surface area contributed by atoms with E-state index >= 15 is 0 Å². The minimum atomic E-state index is -0.345. The third-order valence-corrected chi connectivity index (χ3v) is 4.36. The lowest BCUT2D eigenvalue weighted by atomic mass is 9.94. The average Bonchev–Trinajstić information content (AvgIpc) is 2.42. The summed E-state index contributed by atoms with van der Waals surface area (Å²) in [5, 5.41) is 14.2. The molecule has 5 nitrogen and oxygen atoms in total. The first-order valence-corrected chi connectivity index (χ1v) is 7.72. The van der Waals surface area contributed by atoms with E-state index in [2.05, 4.69) is 33.2 Å². The molecule has 0 aliphatic carbocycles. The largest absolute Gasteiger partial charge is 0.379 e. The Hall–Kier alpha value is -1.14. The van der Waals surface area contributed by atoms with Crippen LogP contribution in [0.4, 0.5) is 11.4 Å². The molecule has 6 heteroatoms. The van der Waals surface area contributed by atoms with Gasteiger partial charge in [-0.2, -0.15) is 0 Å². The fraction of sp³-hybridized carbons (Fsp3) is 0.571. The van der Waals surface area contributed by atoms with Gasteiger partial charge in [0.25, 0.3) is 5.69 Å². The van der Waals surface area contributed by atoms with E-state index in [1.807, 2.05) is 6.07 Å². The summed E-state index contributed by atoms with van der Waals surface area (Å²) in [4.78, 5) is 13.0. The van der Waals surface area contributed by atoms with Crippen molar-refractivity contribution >= 4 is 27.3 Å². The number of anilines is 1. The zero-order valence-corrected chi connectivity index (χ0v) is 13.2. The monoisotopic (exact) mass is 341 g/mol. The number of rotatable bonds is 5. The number of nitrogens with zero attached hydrogens (tertiary/aromatic N) is 2. The molecule has 1 aliphatic heterocycles. The van der Waals surface area contributed by atoms with Crippen LogP contribution >= 0.6 is 15.9 Å². The van der Waals surface area contributed by atoms with Crippen LogP contribution in [0.5, 0.6) is 0 Å². The van der Waals surface area contributed by atoms with E-state index in [0.717, 1.165) is 36.4 Å². The minimum Gasteiger partial charge on any atom is -0.379 e. The van der Waals surface area contributed by atoms with Gasteiger partial charge in [-0.05, 0) is 57.5 Å². The Morgan fingerprint density at radius 1 is 1.45 bits per heavy atom. The van der Waals surface area contributed by atoms with Crippen molar-refractivity contribution in [2.45, 2.75) is 19.3 Å². The lowest BCUT2D eigenvalue weighted by Gasteiger charge is -2.28. The molecule has 0 amide bonds. The topological polar surface area (TPSA) is 58.4 Å². The Morgan fingerprint density at radius 2 is 2.15 bits per heavy atom. The zero-order valence-electron chi connectivity index (χ0n) is 11.6. The van der Waals surface area contributed by atoms with Crippen molar-refractivity contribution in [3.63, 3.8) is 0 Å². The molecule has 1 aromatic carbocycles. The van der Waals surface area contributed by atoms with Crippen LogP contribution in [-0.4, -0.2) is 36.5 Å². The van der Waals surface area contributed by atoms with Crippen molar-refractivity contribution in [3.05, 3.63) is 32.8 Å². The highest BCUT2D eigenvalue weighted by Gasteiger charge is 2.17. The van der Waals surface area contributed by atoms with Gasteiger partial charge < -0.3 is 10.2 Å². The number of nitrogens with one attached hydrogen (secondary N) is 1. The highest BCUT2D eigenvalue weighted by atomic mass is 79.9. The Balaban J connectivity index is 1.86. The molecular formula is C14H20BrN3O2. The van der Waals surface area contributed by atoms with Crippen LogP contribution < -0.4 is 5.32 Å². The van der Waals surface area contributed by atoms with Gasteiger partial charge in [0, 0.05) is 17.1 Å². The highest BCUT2D eigenvalue weighted by molar-refractivity contribution is 9.10. The van der Waals surface area contributed by atoms with Crippen LogP contribution in [0, 0.1) is 16.0 Å². The first-order chi connectivity index (χ1) is 9.56. The number of halogens is 1. The van der Waals surface area contributed by atoms with Gasteiger partial charge >= 0.3 is 0 Å². The first kappa shape index (κ1) is 15.3. The van der Waals surface area contributed by atoms with Crippen molar-refractivity contribution in [1.29, 1.82) is 0 Å². The maximum Gasteiger partial charge on any atom is 0.293 e. The summed E-state index contributed by atoms with van der Waals surface area (Å²) in [6.45, 7) is 3.10. The van der Waals surface area contributed by atoms with Crippen molar-refractivity contribution in [2.24, 2.45) is 5.92 Å². The van der Waals surface area contributed by atoms with Crippen LogP contribution in [-0.2, 0) is 0 Å². The molecule has 1 saturated heterocycles. The Kier molecular flexibility index (Phi) is 5.37. The molecule has 0 radical (unpaired) electrons. The molecule has 1 fully saturated rings. The highest BCUT2D eigenvalue weighted by Crippen LogP contribution is 2.28. The molecule has 0 aromatic heterocycles. The van der Waals surface area contributed by atoms with E-state index in [-0.39, 0.29) is 10.6 Å². The summed E-state index contributed by atoms with van der Waals surface area (Å²) in [6, 6.07) is 5.12. The van der Waals surface area contributed by atoms with Crippen LogP contribution in [0.15, 0.2) is 22.7 Å². The third kappa shape index (κ3) is 4.18. The van der Waals surface area contributed by atoms with Gasteiger partial charge in [-0.15, -0.1) is 0 Å². The van der Waals surface area contributed by atoms with Crippen LogP contribution in [0.25, 0.3) is 0 Å².